The second kappa shape index (κ2) is 11.1. The summed E-state index contributed by atoms with van der Waals surface area (Å²) in [5.74, 6) is -1.54. The van der Waals surface area contributed by atoms with Crippen molar-refractivity contribution in [1.82, 2.24) is 4.57 Å². The third kappa shape index (κ3) is 5.88. The molecule has 4 aromatic rings. The number of hydrogen-bond donors (Lipinski definition) is 1. The number of carbonyl (C=O) groups is 2. The predicted molar refractivity (Wildman–Crippen MR) is 149 cm³/mol. The highest BCUT2D eigenvalue weighted by molar-refractivity contribution is 14.1. The summed E-state index contributed by atoms with van der Waals surface area (Å²) in [5, 5.41) is 9.42. The lowest BCUT2D eigenvalue weighted by Gasteiger charge is -2.13. The maximum atomic E-state index is 13.7. The van der Waals surface area contributed by atoms with E-state index in [-0.39, 0.29) is 12.0 Å². The van der Waals surface area contributed by atoms with E-state index < -0.39 is 11.9 Å². The average molecular weight is 611 g/mol. The van der Waals surface area contributed by atoms with Crippen LogP contribution in [0.25, 0.3) is 22.3 Å². The molecule has 1 N–H and O–H groups in total. The number of esters is 1. The molecule has 0 radical (unpaired) electrons. The monoisotopic (exact) mass is 611 g/mol. The van der Waals surface area contributed by atoms with Gasteiger partial charge in [-0.2, -0.15) is 0 Å². The molecule has 8 heteroatoms. The van der Waals surface area contributed by atoms with Crippen molar-refractivity contribution < 1.29 is 19.4 Å². The smallest absolute Gasteiger partial charge is 0.337 e. The Morgan fingerprint density at radius 3 is 2.39 bits per heavy atom. The van der Waals surface area contributed by atoms with Gasteiger partial charge in [-0.25, -0.2) is 4.79 Å². The van der Waals surface area contributed by atoms with Crippen LogP contribution in [0, 0.1) is 10.5 Å². The molecule has 0 saturated heterocycles. The number of carbonyl (C=O) groups excluding carboxylic acids is 1. The number of aryl methyl sites for hydroxylation is 1. The Balaban J connectivity index is 1.85. The second-order valence-electron chi connectivity index (χ2n) is 8.12. The Hall–Kier alpha value is -3.37. The number of halogens is 1. The van der Waals surface area contributed by atoms with Crippen molar-refractivity contribution in [3.05, 3.63) is 104 Å². The van der Waals surface area contributed by atoms with Crippen LogP contribution in [-0.4, -0.2) is 28.7 Å². The minimum Gasteiger partial charge on any atom is -0.480 e. The molecule has 36 heavy (non-hydrogen) atoms. The Morgan fingerprint density at radius 1 is 0.972 bits per heavy atom. The largest absolute Gasteiger partial charge is 0.480 e. The maximum Gasteiger partial charge on any atom is 0.337 e. The van der Waals surface area contributed by atoms with E-state index in [1.54, 1.807) is 36.2 Å². The minimum atomic E-state index is -1.03. The van der Waals surface area contributed by atoms with Crippen molar-refractivity contribution in [1.29, 1.82) is 0 Å². The summed E-state index contributed by atoms with van der Waals surface area (Å²) in [6.45, 7) is 1.51. The van der Waals surface area contributed by atoms with Crippen molar-refractivity contribution in [2.45, 2.75) is 23.3 Å². The van der Waals surface area contributed by atoms with Crippen molar-refractivity contribution in [3.8, 4) is 22.3 Å². The van der Waals surface area contributed by atoms with Crippen LogP contribution in [0.15, 0.2) is 93.7 Å². The highest BCUT2D eigenvalue weighted by atomic mass is 127. The van der Waals surface area contributed by atoms with Gasteiger partial charge in [-0.1, -0.05) is 42.1 Å². The molecule has 0 amide bonds. The van der Waals surface area contributed by atoms with E-state index in [2.05, 4.69) is 22.6 Å². The zero-order valence-corrected chi connectivity index (χ0v) is 22.5. The topological polar surface area (TPSA) is 85.6 Å². The summed E-state index contributed by atoms with van der Waals surface area (Å²) in [4.78, 5) is 39.4. The van der Waals surface area contributed by atoms with E-state index in [9.17, 15) is 19.5 Å². The highest BCUT2D eigenvalue weighted by Crippen LogP contribution is 2.33. The predicted octanol–water partition coefficient (Wildman–Crippen LogP) is 6.12. The maximum absolute atomic E-state index is 13.7. The Bertz CT molecular complexity index is 1530. The average Bonchev–Trinajstić information content (AvgIpc) is 2.85. The second-order valence-corrected chi connectivity index (χ2v) is 10.4. The van der Waals surface area contributed by atoms with Crippen molar-refractivity contribution in [2.24, 2.45) is 0 Å². The number of rotatable bonds is 7. The van der Waals surface area contributed by atoms with Crippen molar-refractivity contribution in [3.63, 3.8) is 0 Å². The molecule has 0 aliphatic rings. The molecule has 6 nitrogen and oxygen atoms in total. The van der Waals surface area contributed by atoms with Gasteiger partial charge in [0.25, 0.3) is 0 Å². The number of ether oxygens (including phenoxy) is 1. The first-order valence-corrected chi connectivity index (χ1v) is 12.8. The molecule has 0 aliphatic heterocycles. The summed E-state index contributed by atoms with van der Waals surface area (Å²) in [7, 11) is 1.30. The molecular weight excluding hydrogens is 589 g/mol. The van der Waals surface area contributed by atoms with E-state index in [0.717, 1.165) is 18.9 Å². The quantitative estimate of drug-likeness (QED) is 0.200. The summed E-state index contributed by atoms with van der Waals surface area (Å²) < 4.78 is 7.45. The van der Waals surface area contributed by atoms with Gasteiger partial charge in [0.15, 0.2) is 5.43 Å². The van der Waals surface area contributed by atoms with Gasteiger partial charge in [0, 0.05) is 36.9 Å². The molecule has 0 aliphatic carbocycles. The summed E-state index contributed by atoms with van der Waals surface area (Å²) in [5.41, 5.74) is 2.72. The van der Waals surface area contributed by atoms with Gasteiger partial charge in [-0.15, -0.1) is 0 Å². The molecule has 0 unspecified atom stereocenters. The Labute approximate surface area is 226 Å². The van der Waals surface area contributed by atoms with E-state index in [1.807, 2.05) is 55.5 Å². The SMILES string of the molecule is COC(=O)c1cc(C)cc(-c2cn(CC(=O)O)cc(-c3cccc(Sc4ccccc4I)c3)c2=O)c1. The van der Waals surface area contributed by atoms with Crippen LogP contribution in [0.1, 0.15) is 15.9 Å². The first-order chi connectivity index (χ1) is 17.2. The van der Waals surface area contributed by atoms with Gasteiger partial charge in [-0.05, 0) is 82.6 Å². The number of hydrogen-bond acceptors (Lipinski definition) is 5. The third-order valence-corrected chi connectivity index (χ3v) is 7.79. The van der Waals surface area contributed by atoms with Gasteiger partial charge in [0.2, 0.25) is 0 Å². The molecule has 1 aromatic heterocycles. The number of aromatic nitrogens is 1. The van der Waals surface area contributed by atoms with E-state index >= 15 is 0 Å². The summed E-state index contributed by atoms with van der Waals surface area (Å²) >= 11 is 3.88. The minimum absolute atomic E-state index is 0.255. The summed E-state index contributed by atoms with van der Waals surface area (Å²) in [6, 6.07) is 20.7. The van der Waals surface area contributed by atoms with Crippen LogP contribution >= 0.6 is 34.4 Å². The van der Waals surface area contributed by atoms with Crippen molar-refractivity contribution in [2.75, 3.05) is 7.11 Å². The molecule has 0 atom stereocenters. The summed E-state index contributed by atoms with van der Waals surface area (Å²) in [6.07, 6.45) is 3.08. The van der Waals surface area contributed by atoms with Gasteiger partial charge in [0.05, 0.1) is 12.7 Å². The van der Waals surface area contributed by atoms with Gasteiger partial charge in [-0.3, -0.25) is 9.59 Å². The fourth-order valence-electron chi connectivity index (χ4n) is 3.85. The normalized spacial score (nSPS) is 10.8. The number of pyridine rings is 1. The van der Waals surface area contributed by atoms with Gasteiger partial charge < -0.3 is 14.4 Å². The molecule has 0 spiro atoms. The number of carboxylic acid groups (broad SMARTS) is 1. The van der Waals surface area contributed by atoms with Crippen LogP contribution in [0.4, 0.5) is 0 Å². The molecule has 0 fully saturated rings. The lowest BCUT2D eigenvalue weighted by Crippen LogP contribution is -2.16. The Morgan fingerprint density at radius 2 is 1.69 bits per heavy atom. The van der Waals surface area contributed by atoms with Crippen LogP contribution in [0.2, 0.25) is 0 Å². The molecule has 3 aromatic carbocycles. The zero-order valence-electron chi connectivity index (χ0n) is 19.5. The third-order valence-electron chi connectivity index (χ3n) is 5.42. The van der Waals surface area contributed by atoms with Crippen LogP contribution in [-0.2, 0) is 16.1 Å². The van der Waals surface area contributed by atoms with Crippen LogP contribution in [0.5, 0.6) is 0 Å². The lowest BCUT2D eigenvalue weighted by atomic mass is 9.98. The number of aliphatic carboxylic acids is 1. The number of benzene rings is 3. The lowest BCUT2D eigenvalue weighted by molar-refractivity contribution is -0.137. The van der Waals surface area contributed by atoms with E-state index in [0.29, 0.717) is 27.8 Å². The molecule has 4 rings (SSSR count). The molecule has 0 saturated carbocycles. The number of methoxy groups -OCH3 is 1. The Kier molecular flexibility index (Phi) is 7.95. The van der Waals surface area contributed by atoms with Crippen LogP contribution < -0.4 is 5.43 Å². The molecule has 1 heterocycles. The first kappa shape index (κ1) is 25.7. The highest BCUT2D eigenvalue weighted by Gasteiger charge is 2.16. The number of nitrogens with zero attached hydrogens (tertiary/aromatic N) is 1. The van der Waals surface area contributed by atoms with E-state index in [1.165, 1.54) is 17.9 Å². The zero-order chi connectivity index (χ0) is 25.8. The van der Waals surface area contributed by atoms with Gasteiger partial charge >= 0.3 is 11.9 Å². The first-order valence-electron chi connectivity index (χ1n) is 10.9. The molecule has 182 valence electrons. The molecule has 0 bridgehead atoms. The standard InChI is InChI=1S/C28H22INO5S/c1-17-10-19(12-20(11-17)28(34)35-2)23-15-30(16-26(31)32)14-22(27(23)33)18-6-5-7-21(13-18)36-25-9-4-3-8-24(25)29/h3-15H,16H2,1-2H3,(H,31,32). The van der Waals surface area contributed by atoms with Crippen LogP contribution in [0.3, 0.4) is 0 Å². The van der Waals surface area contributed by atoms with E-state index in [4.69, 9.17) is 4.74 Å². The molecular formula is C28H22INO5S. The number of carboxylic acids is 1. The fraction of sp³-hybridized carbons (Fsp3) is 0.107. The van der Waals surface area contributed by atoms with Gasteiger partial charge in [0.1, 0.15) is 6.54 Å². The van der Waals surface area contributed by atoms with Crippen molar-refractivity contribution >= 4 is 46.3 Å². The fourth-order valence-corrected chi connectivity index (χ4v) is 5.46.